The maximum absolute atomic E-state index is 6.30. The SMILES string of the molecule is CCNC(=NCc1c(C)nn(C)c1C)NCCc1ccc(OC)cc1Cl.I. The molecule has 1 heterocycles. The third kappa shape index (κ3) is 6.57. The smallest absolute Gasteiger partial charge is 0.191 e. The van der Waals surface area contributed by atoms with Gasteiger partial charge >= 0.3 is 0 Å². The average molecular weight is 506 g/mol. The Morgan fingerprint density at radius 2 is 2.04 bits per heavy atom. The lowest BCUT2D eigenvalue weighted by Crippen LogP contribution is -2.38. The second kappa shape index (κ2) is 11.4. The molecule has 8 heteroatoms. The lowest BCUT2D eigenvalue weighted by Gasteiger charge is -2.12. The Bertz CT molecular complexity index is 776. The van der Waals surface area contributed by atoms with Gasteiger partial charge in [-0.3, -0.25) is 4.68 Å². The maximum Gasteiger partial charge on any atom is 0.191 e. The number of benzene rings is 1. The highest BCUT2D eigenvalue weighted by Crippen LogP contribution is 2.22. The first-order valence-corrected chi connectivity index (χ1v) is 9.17. The van der Waals surface area contributed by atoms with E-state index in [1.807, 2.05) is 36.9 Å². The van der Waals surface area contributed by atoms with E-state index >= 15 is 0 Å². The van der Waals surface area contributed by atoms with E-state index < -0.39 is 0 Å². The van der Waals surface area contributed by atoms with E-state index in [2.05, 4.69) is 34.6 Å². The topological polar surface area (TPSA) is 63.5 Å². The normalized spacial score (nSPS) is 11.1. The summed E-state index contributed by atoms with van der Waals surface area (Å²) in [7, 11) is 3.59. The molecular weight excluding hydrogens is 477 g/mol. The summed E-state index contributed by atoms with van der Waals surface area (Å²) in [6.07, 6.45) is 0.804. The standard InChI is InChI=1S/C19H28ClN5O.HI/c1-6-21-19(23-12-17-13(2)24-25(4)14(17)3)22-10-9-15-7-8-16(26-5)11-18(15)20;/h7-8,11H,6,9-10,12H2,1-5H3,(H2,21,22,23);1H. The van der Waals surface area contributed by atoms with Crippen LogP contribution in [0.1, 0.15) is 29.4 Å². The minimum atomic E-state index is 0. The molecular formula is C19H29ClIN5O. The first-order valence-electron chi connectivity index (χ1n) is 8.79. The second-order valence-electron chi connectivity index (χ2n) is 6.10. The Morgan fingerprint density at radius 3 is 2.59 bits per heavy atom. The van der Waals surface area contributed by atoms with Crippen molar-refractivity contribution in [3.63, 3.8) is 0 Å². The van der Waals surface area contributed by atoms with Crippen molar-refractivity contribution in [1.29, 1.82) is 0 Å². The molecule has 0 spiro atoms. The number of rotatable bonds is 7. The van der Waals surface area contributed by atoms with Gasteiger partial charge in [-0.05, 0) is 44.9 Å². The summed E-state index contributed by atoms with van der Waals surface area (Å²) in [6.45, 7) is 8.28. The van der Waals surface area contributed by atoms with E-state index in [-0.39, 0.29) is 24.0 Å². The van der Waals surface area contributed by atoms with Crippen molar-refractivity contribution >= 4 is 41.5 Å². The van der Waals surface area contributed by atoms with Crippen LogP contribution in [-0.4, -0.2) is 35.9 Å². The molecule has 6 nitrogen and oxygen atoms in total. The molecule has 0 unspecified atom stereocenters. The Labute approximate surface area is 183 Å². The minimum Gasteiger partial charge on any atom is -0.497 e. The van der Waals surface area contributed by atoms with E-state index in [1.54, 1.807) is 7.11 Å². The molecule has 0 aliphatic heterocycles. The number of ether oxygens (including phenoxy) is 1. The van der Waals surface area contributed by atoms with Gasteiger partial charge in [0.25, 0.3) is 0 Å². The number of hydrogen-bond donors (Lipinski definition) is 2. The predicted molar refractivity (Wildman–Crippen MR) is 123 cm³/mol. The minimum absolute atomic E-state index is 0. The molecule has 0 aliphatic carbocycles. The monoisotopic (exact) mass is 505 g/mol. The Morgan fingerprint density at radius 1 is 1.30 bits per heavy atom. The van der Waals surface area contributed by atoms with Crippen LogP contribution in [0.3, 0.4) is 0 Å². The molecule has 0 saturated heterocycles. The molecule has 1 aromatic heterocycles. The number of aliphatic imine (C=N–C) groups is 1. The molecule has 0 fully saturated rings. The van der Waals surface area contributed by atoms with Gasteiger partial charge in [0.15, 0.2) is 5.96 Å². The third-order valence-corrected chi connectivity index (χ3v) is 4.70. The molecule has 2 N–H and O–H groups in total. The fourth-order valence-electron chi connectivity index (χ4n) is 2.72. The average Bonchev–Trinajstić information content (AvgIpc) is 2.86. The van der Waals surface area contributed by atoms with Crippen LogP contribution < -0.4 is 15.4 Å². The van der Waals surface area contributed by atoms with E-state index in [1.165, 1.54) is 5.56 Å². The molecule has 1 aromatic carbocycles. The van der Waals surface area contributed by atoms with E-state index in [9.17, 15) is 0 Å². The molecule has 0 aliphatic rings. The molecule has 0 bridgehead atoms. The van der Waals surface area contributed by atoms with Crippen LogP contribution in [0.2, 0.25) is 5.02 Å². The fraction of sp³-hybridized carbons (Fsp3) is 0.474. The molecule has 0 radical (unpaired) electrons. The van der Waals surface area contributed by atoms with E-state index in [0.29, 0.717) is 6.54 Å². The number of nitrogens with one attached hydrogen (secondary N) is 2. The summed E-state index contributed by atoms with van der Waals surface area (Å²) in [4.78, 5) is 4.69. The van der Waals surface area contributed by atoms with Crippen LogP contribution >= 0.6 is 35.6 Å². The number of guanidine groups is 1. The number of halogens is 2. The van der Waals surface area contributed by atoms with Gasteiger partial charge in [-0.25, -0.2) is 4.99 Å². The van der Waals surface area contributed by atoms with Crippen molar-refractivity contribution in [2.24, 2.45) is 12.0 Å². The zero-order valence-corrected chi connectivity index (χ0v) is 19.7. The largest absolute Gasteiger partial charge is 0.497 e. The van der Waals surface area contributed by atoms with E-state index in [4.69, 9.17) is 16.3 Å². The highest BCUT2D eigenvalue weighted by Gasteiger charge is 2.09. The van der Waals surface area contributed by atoms with Crippen molar-refractivity contribution in [3.05, 3.63) is 45.7 Å². The Balaban J connectivity index is 0.00000364. The summed E-state index contributed by atoms with van der Waals surface area (Å²) < 4.78 is 7.08. The number of aryl methyl sites for hydroxylation is 2. The fourth-order valence-corrected chi connectivity index (χ4v) is 2.98. The van der Waals surface area contributed by atoms with Crippen molar-refractivity contribution in [2.45, 2.75) is 33.7 Å². The van der Waals surface area contributed by atoms with Gasteiger partial charge in [-0.1, -0.05) is 17.7 Å². The van der Waals surface area contributed by atoms with Crippen molar-refractivity contribution < 1.29 is 4.74 Å². The predicted octanol–water partition coefficient (Wildman–Crippen LogP) is 3.61. The zero-order valence-electron chi connectivity index (χ0n) is 16.6. The summed E-state index contributed by atoms with van der Waals surface area (Å²) in [5.74, 6) is 1.56. The highest BCUT2D eigenvalue weighted by atomic mass is 127. The lowest BCUT2D eigenvalue weighted by atomic mass is 10.1. The van der Waals surface area contributed by atoms with Gasteiger partial charge in [-0.2, -0.15) is 5.10 Å². The van der Waals surface area contributed by atoms with Crippen LogP contribution in [0.25, 0.3) is 0 Å². The van der Waals surface area contributed by atoms with Crippen LogP contribution in [0.5, 0.6) is 5.75 Å². The van der Waals surface area contributed by atoms with Crippen LogP contribution in [0, 0.1) is 13.8 Å². The van der Waals surface area contributed by atoms with Crippen molar-refractivity contribution in [3.8, 4) is 5.75 Å². The second-order valence-corrected chi connectivity index (χ2v) is 6.51. The Hall–Kier alpha value is -1.48. The molecule has 0 atom stereocenters. The van der Waals surface area contributed by atoms with Gasteiger partial charge in [-0.15, -0.1) is 24.0 Å². The summed E-state index contributed by atoms with van der Waals surface area (Å²) >= 11 is 6.30. The first kappa shape index (κ1) is 23.6. The van der Waals surface area contributed by atoms with Crippen LogP contribution in [0.15, 0.2) is 23.2 Å². The molecule has 27 heavy (non-hydrogen) atoms. The molecule has 0 saturated carbocycles. The van der Waals surface area contributed by atoms with Crippen molar-refractivity contribution in [2.75, 3.05) is 20.2 Å². The number of methoxy groups -OCH3 is 1. The van der Waals surface area contributed by atoms with Gasteiger partial charge < -0.3 is 15.4 Å². The van der Waals surface area contributed by atoms with Gasteiger partial charge in [0.05, 0.1) is 19.3 Å². The zero-order chi connectivity index (χ0) is 19.1. The van der Waals surface area contributed by atoms with Gasteiger partial charge in [0.2, 0.25) is 0 Å². The molecule has 2 aromatic rings. The van der Waals surface area contributed by atoms with Crippen molar-refractivity contribution in [1.82, 2.24) is 20.4 Å². The molecule has 0 amide bonds. The summed E-state index contributed by atoms with van der Waals surface area (Å²) in [6, 6.07) is 5.76. The highest BCUT2D eigenvalue weighted by molar-refractivity contribution is 14.0. The summed E-state index contributed by atoms with van der Waals surface area (Å²) in [5.41, 5.74) is 4.42. The number of hydrogen-bond acceptors (Lipinski definition) is 3. The van der Waals surface area contributed by atoms with Crippen LogP contribution in [0.4, 0.5) is 0 Å². The Kier molecular flexibility index (Phi) is 9.93. The third-order valence-electron chi connectivity index (χ3n) is 4.35. The number of aromatic nitrogens is 2. The first-order chi connectivity index (χ1) is 12.5. The quantitative estimate of drug-likeness (QED) is 0.343. The van der Waals surface area contributed by atoms with Gasteiger partial charge in [0.1, 0.15) is 5.75 Å². The van der Waals surface area contributed by atoms with Crippen LogP contribution in [-0.2, 0) is 20.0 Å². The molecule has 150 valence electrons. The van der Waals surface area contributed by atoms with E-state index in [0.717, 1.165) is 53.2 Å². The lowest BCUT2D eigenvalue weighted by molar-refractivity contribution is 0.414. The maximum atomic E-state index is 6.30. The number of nitrogens with zero attached hydrogens (tertiary/aromatic N) is 3. The summed E-state index contributed by atoms with van der Waals surface area (Å²) in [5, 5.41) is 11.8. The molecule has 2 rings (SSSR count). The van der Waals surface area contributed by atoms with Gasteiger partial charge in [0, 0.05) is 36.4 Å².